The fourth-order valence-corrected chi connectivity index (χ4v) is 3.01. The van der Waals surface area contributed by atoms with Crippen LogP contribution in [0, 0.1) is 0 Å². The number of esters is 2. The lowest BCUT2D eigenvalue weighted by Gasteiger charge is -2.39. The van der Waals surface area contributed by atoms with Gasteiger partial charge in [-0.25, -0.2) is 9.59 Å². The summed E-state index contributed by atoms with van der Waals surface area (Å²) in [6, 6.07) is 7.53. The summed E-state index contributed by atoms with van der Waals surface area (Å²) in [7, 11) is 0. The van der Waals surface area contributed by atoms with Crippen LogP contribution in [0.2, 0.25) is 0 Å². The summed E-state index contributed by atoms with van der Waals surface area (Å²) >= 11 is 0. The summed E-state index contributed by atoms with van der Waals surface area (Å²) in [5.74, 6) is -4.45. The number of hydrogen-bond donors (Lipinski definition) is 7. The van der Waals surface area contributed by atoms with Crippen LogP contribution in [0.25, 0.3) is 6.08 Å². The number of hydrogen-bond acceptors (Lipinski definition) is 12. The molecule has 0 amide bonds. The summed E-state index contributed by atoms with van der Waals surface area (Å²) in [5.41, 5.74) is 0.187. The highest BCUT2D eigenvalue weighted by atomic mass is 16.7. The number of phenols is 4. The molecule has 1 saturated heterocycles. The zero-order valence-electron chi connectivity index (χ0n) is 17.4. The van der Waals surface area contributed by atoms with Crippen LogP contribution in [0.15, 0.2) is 42.5 Å². The molecule has 1 aliphatic heterocycles. The summed E-state index contributed by atoms with van der Waals surface area (Å²) in [4.78, 5) is 24.3. The van der Waals surface area contributed by atoms with Gasteiger partial charge in [0.25, 0.3) is 0 Å². The van der Waals surface area contributed by atoms with E-state index >= 15 is 0 Å². The number of phenolic OH excluding ortho intramolecular Hbond substituents is 4. The Balaban J connectivity index is 1.62. The lowest BCUT2D eigenvalue weighted by molar-refractivity contribution is -0.285. The van der Waals surface area contributed by atoms with Crippen molar-refractivity contribution in [1.82, 2.24) is 0 Å². The van der Waals surface area contributed by atoms with Gasteiger partial charge in [0.05, 0.1) is 5.56 Å². The van der Waals surface area contributed by atoms with Gasteiger partial charge in [0.2, 0.25) is 6.29 Å². The van der Waals surface area contributed by atoms with Gasteiger partial charge < -0.3 is 50.0 Å². The lowest BCUT2D eigenvalue weighted by atomic mass is 9.99. The van der Waals surface area contributed by atoms with Gasteiger partial charge >= 0.3 is 11.9 Å². The molecule has 0 bridgehead atoms. The molecule has 12 nitrogen and oxygen atoms in total. The summed E-state index contributed by atoms with van der Waals surface area (Å²) in [6.07, 6.45) is -6.10. The van der Waals surface area contributed by atoms with Crippen LogP contribution in [0.3, 0.4) is 0 Å². The number of carbonyl (C=O) groups is 2. The van der Waals surface area contributed by atoms with Gasteiger partial charge in [0.1, 0.15) is 36.8 Å². The molecule has 1 fully saturated rings. The fourth-order valence-electron chi connectivity index (χ4n) is 3.01. The molecule has 7 N–H and O–H groups in total. The van der Waals surface area contributed by atoms with Crippen molar-refractivity contribution in [1.29, 1.82) is 0 Å². The largest absolute Gasteiger partial charge is 0.508 e. The van der Waals surface area contributed by atoms with E-state index in [4.69, 9.17) is 14.2 Å². The normalized spacial score (nSPS) is 24.6. The highest BCUT2D eigenvalue weighted by Gasteiger charge is 2.46. The Morgan fingerprint density at radius 3 is 2.15 bits per heavy atom. The van der Waals surface area contributed by atoms with Crippen LogP contribution < -0.4 is 0 Å². The van der Waals surface area contributed by atoms with Crippen molar-refractivity contribution in [2.45, 2.75) is 30.7 Å². The Labute approximate surface area is 192 Å². The van der Waals surface area contributed by atoms with E-state index in [9.17, 15) is 45.3 Å². The molecular formula is C22H22O12. The predicted octanol–water partition coefficient (Wildman–Crippen LogP) is -0.270. The number of benzene rings is 2. The first-order chi connectivity index (χ1) is 16.1. The van der Waals surface area contributed by atoms with Gasteiger partial charge in [-0.3, -0.25) is 0 Å². The molecule has 0 spiro atoms. The van der Waals surface area contributed by atoms with Gasteiger partial charge in [0, 0.05) is 6.08 Å². The molecule has 5 atom stereocenters. The van der Waals surface area contributed by atoms with E-state index in [1.807, 2.05) is 0 Å². The molecule has 1 aliphatic rings. The SMILES string of the molecule is O=C(C=Cc1ccc(O)cc1)OC[C@H]1O[C@@H](OC(=O)c2cc(O)c(O)c(O)c2)[C@@H](O)[C@@H](O)[C@H]1O. The van der Waals surface area contributed by atoms with E-state index < -0.39 is 72.1 Å². The maximum absolute atomic E-state index is 12.3. The first-order valence-electron chi connectivity index (χ1n) is 9.86. The molecule has 34 heavy (non-hydrogen) atoms. The van der Waals surface area contributed by atoms with Gasteiger partial charge in [-0.15, -0.1) is 0 Å². The first-order valence-corrected chi connectivity index (χ1v) is 9.86. The second-order valence-corrected chi connectivity index (χ2v) is 7.34. The number of ether oxygens (including phenoxy) is 3. The molecule has 1 heterocycles. The van der Waals surface area contributed by atoms with Crippen LogP contribution in [-0.4, -0.2) is 85.0 Å². The monoisotopic (exact) mass is 478 g/mol. The molecular weight excluding hydrogens is 456 g/mol. The third-order valence-electron chi connectivity index (χ3n) is 4.89. The number of aromatic hydroxyl groups is 4. The van der Waals surface area contributed by atoms with Gasteiger partial charge in [-0.05, 0) is 35.9 Å². The predicted molar refractivity (Wildman–Crippen MR) is 112 cm³/mol. The van der Waals surface area contributed by atoms with E-state index in [-0.39, 0.29) is 5.75 Å². The van der Waals surface area contributed by atoms with Gasteiger partial charge in [0.15, 0.2) is 17.2 Å². The van der Waals surface area contributed by atoms with E-state index in [0.717, 1.165) is 18.2 Å². The molecule has 3 rings (SSSR count). The maximum Gasteiger partial charge on any atom is 0.340 e. The van der Waals surface area contributed by atoms with Crippen molar-refractivity contribution < 1.29 is 59.5 Å². The van der Waals surface area contributed by atoms with Gasteiger partial charge in [-0.1, -0.05) is 12.1 Å². The minimum Gasteiger partial charge on any atom is -0.508 e. The van der Waals surface area contributed by atoms with Crippen molar-refractivity contribution in [3.8, 4) is 23.0 Å². The molecule has 0 aromatic heterocycles. The second-order valence-electron chi connectivity index (χ2n) is 7.34. The molecule has 0 aliphatic carbocycles. The minimum atomic E-state index is -1.88. The zero-order chi connectivity index (χ0) is 25.0. The van der Waals surface area contributed by atoms with Crippen molar-refractivity contribution in [2.75, 3.05) is 6.61 Å². The quantitative estimate of drug-likeness (QED) is 0.163. The Bertz CT molecular complexity index is 1040. The van der Waals surface area contributed by atoms with E-state index in [2.05, 4.69) is 0 Å². The lowest BCUT2D eigenvalue weighted by Crippen LogP contribution is -2.59. The zero-order valence-corrected chi connectivity index (χ0v) is 17.4. The van der Waals surface area contributed by atoms with Crippen LogP contribution >= 0.6 is 0 Å². The Kier molecular flexibility index (Phi) is 7.58. The Hall–Kier alpha value is -3.84. The molecule has 0 saturated carbocycles. The second kappa shape index (κ2) is 10.4. The highest BCUT2D eigenvalue weighted by molar-refractivity contribution is 5.91. The standard InChI is InChI=1S/C22H22O12/c23-12-4-1-10(2-5-12)3-6-16(26)32-9-15-18(28)19(29)20(30)22(33-15)34-21(31)11-7-13(24)17(27)14(25)8-11/h1-8,15,18-20,22-25,27-30H,9H2/t15-,18+,19+,20+,22+/m1/s1. The molecule has 2 aromatic rings. The Morgan fingerprint density at radius 2 is 1.53 bits per heavy atom. The average Bonchev–Trinajstić information content (AvgIpc) is 2.81. The summed E-state index contributed by atoms with van der Waals surface area (Å²) < 4.78 is 15.2. The Morgan fingerprint density at radius 1 is 0.912 bits per heavy atom. The number of aliphatic hydroxyl groups excluding tert-OH is 3. The summed E-state index contributed by atoms with van der Waals surface area (Å²) in [6.45, 7) is -0.571. The van der Waals surface area contributed by atoms with Crippen LogP contribution in [-0.2, 0) is 19.0 Å². The maximum atomic E-state index is 12.3. The number of carbonyl (C=O) groups excluding carboxylic acids is 2. The average molecular weight is 478 g/mol. The van der Waals surface area contributed by atoms with Gasteiger partial charge in [-0.2, -0.15) is 0 Å². The molecule has 0 radical (unpaired) electrons. The number of rotatable bonds is 6. The number of aliphatic hydroxyl groups is 3. The third kappa shape index (κ3) is 5.74. The van der Waals surface area contributed by atoms with Crippen molar-refractivity contribution in [3.63, 3.8) is 0 Å². The first kappa shape index (κ1) is 24.8. The van der Waals surface area contributed by atoms with Crippen molar-refractivity contribution in [3.05, 3.63) is 53.6 Å². The molecule has 182 valence electrons. The van der Waals surface area contributed by atoms with Crippen LogP contribution in [0.1, 0.15) is 15.9 Å². The van der Waals surface area contributed by atoms with Crippen molar-refractivity contribution in [2.24, 2.45) is 0 Å². The van der Waals surface area contributed by atoms with E-state index in [0.29, 0.717) is 5.56 Å². The molecule has 0 unspecified atom stereocenters. The van der Waals surface area contributed by atoms with Crippen LogP contribution in [0.4, 0.5) is 0 Å². The molecule has 12 heteroatoms. The third-order valence-corrected chi connectivity index (χ3v) is 4.89. The molecule has 2 aromatic carbocycles. The van der Waals surface area contributed by atoms with E-state index in [1.54, 1.807) is 12.1 Å². The van der Waals surface area contributed by atoms with Crippen molar-refractivity contribution >= 4 is 18.0 Å². The minimum absolute atomic E-state index is 0.0539. The smallest absolute Gasteiger partial charge is 0.340 e. The van der Waals surface area contributed by atoms with E-state index in [1.165, 1.54) is 18.2 Å². The highest BCUT2D eigenvalue weighted by Crippen LogP contribution is 2.36. The van der Waals surface area contributed by atoms with Crippen LogP contribution in [0.5, 0.6) is 23.0 Å². The topological polar surface area (TPSA) is 203 Å². The fraction of sp³-hybridized carbons (Fsp3) is 0.273. The summed E-state index contributed by atoms with van der Waals surface area (Å²) in [5, 5.41) is 67.9.